The van der Waals surface area contributed by atoms with Gasteiger partial charge in [-0.25, -0.2) is 0 Å². The third-order valence-electron chi connectivity index (χ3n) is 3.33. The van der Waals surface area contributed by atoms with Gasteiger partial charge in [-0.1, -0.05) is 25.5 Å². The second-order valence-corrected chi connectivity index (χ2v) is 7.25. The number of alkyl halides is 3. The lowest BCUT2D eigenvalue weighted by Gasteiger charge is -2.43. The summed E-state index contributed by atoms with van der Waals surface area (Å²) in [6.07, 6.45) is -2.25. The lowest BCUT2D eigenvalue weighted by atomic mass is 10.3. The normalized spacial score (nSPS) is 12.4. The number of hydrogen-bond acceptors (Lipinski definition) is 6. The van der Waals surface area contributed by atoms with Crippen LogP contribution in [-0.2, 0) is 18.9 Å². The molecule has 162 valence electrons. The predicted molar refractivity (Wildman–Crippen MR) is 94.8 cm³/mol. The Balaban J connectivity index is 6.21. The second-order valence-electron chi connectivity index (χ2n) is 5.52. The van der Waals surface area contributed by atoms with E-state index < -0.39 is 50.8 Å². The molecule has 0 bridgehead atoms. The molecule has 0 saturated carbocycles. The highest BCUT2D eigenvalue weighted by molar-refractivity contribution is 7.53. The van der Waals surface area contributed by atoms with Crippen LogP contribution in [0, 0.1) is 0 Å². The zero-order valence-electron chi connectivity index (χ0n) is 15.4. The first kappa shape index (κ1) is 26.3. The molecule has 0 radical (unpaired) electrons. The minimum absolute atomic E-state index is 0.119. The van der Waals surface area contributed by atoms with E-state index in [-0.39, 0.29) is 11.5 Å². The molecule has 0 spiro atoms. The standard InChI is InChI=1S/C15H25F3N3O6P/c1-4-7-10-27-12(22)11-21(13(23)14(16,17)18)15(19-8-5-2,20-9-6-3)28(24,25)26/h5-6,19-20H,2-4,7-11H2,1H3,(H2,24,25,26). The molecule has 0 fully saturated rings. The van der Waals surface area contributed by atoms with Crippen LogP contribution in [0.25, 0.3) is 0 Å². The number of carbonyl (C=O) groups excluding carboxylic acids is 2. The van der Waals surface area contributed by atoms with Gasteiger partial charge in [-0.15, -0.1) is 13.2 Å². The molecule has 0 aromatic rings. The quantitative estimate of drug-likeness (QED) is 0.112. The lowest BCUT2D eigenvalue weighted by molar-refractivity contribution is -0.193. The molecule has 0 heterocycles. The van der Waals surface area contributed by atoms with Crippen molar-refractivity contribution in [1.82, 2.24) is 15.5 Å². The van der Waals surface area contributed by atoms with E-state index in [0.29, 0.717) is 12.8 Å². The smallest absolute Gasteiger partial charge is 0.464 e. The van der Waals surface area contributed by atoms with Crippen molar-refractivity contribution in [2.45, 2.75) is 31.5 Å². The number of nitrogens with zero attached hydrogens (tertiary/aromatic N) is 1. The SMILES string of the molecule is C=CCNC(NCC=C)(N(CC(=O)OCCCC)C(=O)C(F)(F)F)P(=O)(O)O. The van der Waals surface area contributed by atoms with Crippen LogP contribution < -0.4 is 10.6 Å². The van der Waals surface area contributed by atoms with E-state index >= 15 is 0 Å². The monoisotopic (exact) mass is 431 g/mol. The Kier molecular flexibility index (Phi) is 10.6. The molecule has 9 nitrogen and oxygen atoms in total. The van der Waals surface area contributed by atoms with Crippen LogP contribution in [0.2, 0.25) is 0 Å². The molecule has 0 aliphatic heterocycles. The van der Waals surface area contributed by atoms with Gasteiger partial charge < -0.3 is 14.5 Å². The molecule has 4 N–H and O–H groups in total. The van der Waals surface area contributed by atoms with E-state index in [0.717, 1.165) is 12.2 Å². The number of hydrogen-bond donors (Lipinski definition) is 4. The lowest BCUT2D eigenvalue weighted by Crippen LogP contribution is -2.71. The summed E-state index contributed by atoms with van der Waals surface area (Å²) in [4.78, 5) is 43.2. The van der Waals surface area contributed by atoms with Crippen LogP contribution in [-0.4, -0.2) is 64.5 Å². The minimum Gasteiger partial charge on any atom is -0.464 e. The van der Waals surface area contributed by atoms with Crippen LogP contribution in [0.15, 0.2) is 25.3 Å². The molecule has 0 atom stereocenters. The van der Waals surface area contributed by atoms with Crippen molar-refractivity contribution in [2.75, 3.05) is 26.2 Å². The summed E-state index contributed by atoms with van der Waals surface area (Å²) in [5.41, 5.74) is -3.05. The zero-order chi connectivity index (χ0) is 22.0. The van der Waals surface area contributed by atoms with Crippen LogP contribution in [0.3, 0.4) is 0 Å². The maximum atomic E-state index is 13.1. The fourth-order valence-electron chi connectivity index (χ4n) is 2.04. The summed E-state index contributed by atoms with van der Waals surface area (Å²) in [6, 6.07) is 0. The Bertz CT molecular complexity index is 596. The van der Waals surface area contributed by atoms with Crippen molar-refractivity contribution in [3.63, 3.8) is 0 Å². The Morgan fingerprint density at radius 2 is 1.68 bits per heavy atom. The van der Waals surface area contributed by atoms with E-state index in [1.807, 2.05) is 0 Å². The molecule has 0 aromatic carbocycles. The molecular weight excluding hydrogens is 406 g/mol. The molecule has 0 rings (SSSR count). The highest BCUT2D eigenvalue weighted by Crippen LogP contribution is 2.49. The topological polar surface area (TPSA) is 128 Å². The molecular formula is C15H25F3N3O6P. The first-order chi connectivity index (χ1) is 12.9. The minimum atomic E-state index is -5.55. The molecule has 13 heteroatoms. The third kappa shape index (κ3) is 7.36. The Morgan fingerprint density at radius 3 is 2.04 bits per heavy atom. The van der Waals surface area contributed by atoms with E-state index in [4.69, 9.17) is 4.74 Å². The van der Waals surface area contributed by atoms with Crippen LogP contribution in [0.5, 0.6) is 0 Å². The van der Waals surface area contributed by atoms with Crippen molar-refractivity contribution in [1.29, 1.82) is 0 Å². The van der Waals surface area contributed by atoms with Gasteiger partial charge in [0.25, 0.3) is 5.53 Å². The summed E-state index contributed by atoms with van der Waals surface area (Å²) in [5, 5.41) is 4.28. The van der Waals surface area contributed by atoms with Gasteiger partial charge in [0.2, 0.25) is 0 Å². The van der Waals surface area contributed by atoms with Gasteiger partial charge in [-0.2, -0.15) is 13.2 Å². The summed E-state index contributed by atoms with van der Waals surface area (Å²) >= 11 is 0. The van der Waals surface area contributed by atoms with E-state index in [1.165, 1.54) is 0 Å². The van der Waals surface area contributed by atoms with Gasteiger partial charge in [-0.3, -0.25) is 29.7 Å². The summed E-state index contributed by atoms with van der Waals surface area (Å²) < 4.78 is 56.3. The van der Waals surface area contributed by atoms with E-state index in [1.54, 1.807) is 6.92 Å². The predicted octanol–water partition coefficient (Wildman–Crippen LogP) is 1.06. The fraction of sp³-hybridized carbons (Fsp3) is 0.600. The van der Waals surface area contributed by atoms with Gasteiger partial charge in [0.1, 0.15) is 6.54 Å². The van der Waals surface area contributed by atoms with Gasteiger partial charge >= 0.3 is 25.6 Å². The molecule has 0 aliphatic rings. The molecule has 0 aromatic heterocycles. The van der Waals surface area contributed by atoms with Crippen molar-refractivity contribution >= 4 is 19.5 Å². The van der Waals surface area contributed by atoms with Crippen molar-refractivity contribution in [2.24, 2.45) is 0 Å². The Labute approximate surface area is 160 Å². The number of amides is 1. The van der Waals surface area contributed by atoms with Crippen molar-refractivity contribution in [3.05, 3.63) is 25.3 Å². The number of esters is 1. The van der Waals surface area contributed by atoms with Crippen LogP contribution in [0.1, 0.15) is 19.8 Å². The molecule has 0 saturated heterocycles. The molecule has 1 amide bonds. The van der Waals surface area contributed by atoms with Gasteiger partial charge in [-0.05, 0) is 6.42 Å². The average Bonchev–Trinajstić information content (AvgIpc) is 2.58. The maximum Gasteiger partial charge on any atom is 0.471 e. The van der Waals surface area contributed by atoms with Gasteiger partial charge in [0, 0.05) is 13.1 Å². The Hall–Kier alpha value is -1.72. The highest BCUT2D eigenvalue weighted by atomic mass is 31.2. The van der Waals surface area contributed by atoms with E-state index in [2.05, 4.69) is 23.8 Å². The molecule has 0 unspecified atom stereocenters. The van der Waals surface area contributed by atoms with Crippen LogP contribution >= 0.6 is 7.60 Å². The number of halogens is 3. The Morgan fingerprint density at radius 1 is 1.18 bits per heavy atom. The molecule has 0 aliphatic carbocycles. The van der Waals surface area contributed by atoms with Gasteiger partial charge in [0.15, 0.2) is 0 Å². The number of nitrogens with one attached hydrogen (secondary N) is 2. The number of ether oxygens (including phenoxy) is 1. The third-order valence-corrected chi connectivity index (χ3v) is 4.73. The van der Waals surface area contributed by atoms with Gasteiger partial charge in [0.05, 0.1) is 6.61 Å². The summed E-state index contributed by atoms with van der Waals surface area (Å²) in [5.74, 6) is -3.90. The van der Waals surface area contributed by atoms with Crippen LogP contribution in [0.4, 0.5) is 13.2 Å². The molecule has 28 heavy (non-hydrogen) atoms. The fourth-order valence-corrected chi connectivity index (χ4v) is 3.11. The zero-order valence-corrected chi connectivity index (χ0v) is 16.3. The van der Waals surface area contributed by atoms with E-state index in [9.17, 15) is 37.1 Å². The first-order valence-corrected chi connectivity index (χ1v) is 9.80. The summed E-state index contributed by atoms with van der Waals surface area (Å²) in [7, 11) is -5.55. The second kappa shape index (κ2) is 11.3. The summed E-state index contributed by atoms with van der Waals surface area (Å²) in [6.45, 7) is 6.12. The maximum absolute atomic E-state index is 13.1. The first-order valence-electron chi connectivity index (χ1n) is 8.19. The van der Waals surface area contributed by atoms with Crippen molar-refractivity contribution in [3.8, 4) is 0 Å². The number of carbonyl (C=O) groups is 2. The average molecular weight is 431 g/mol. The number of unbranched alkanes of at least 4 members (excludes halogenated alkanes) is 1. The largest absolute Gasteiger partial charge is 0.471 e. The number of rotatable bonds is 13. The highest BCUT2D eigenvalue weighted by Gasteiger charge is 2.59. The van der Waals surface area contributed by atoms with Crippen molar-refractivity contribution < 1.29 is 41.8 Å².